The van der Waals surface area contributed by atoms with Crippen LogP contribution in [0.3, 0.4) is 0 Å². The Morgan fingerprint density at radius 1 is 1.41 bits per heavy atom. The fourth-order valence-electron chi connectivity index (χ4n) is 3.44. The lowest BCUT2D eigenvalue weighted by Gasteiger charge is -2.17. The Balaban J connectivity index is 1.49. The van der Waals surface area contributed by atoms with Crippen molar-refractivity contribution in [2.75, 3.05) is 0 Å². The number of thiophene rings is 1. The molecule has 2 aromatic heterocycles. The summed E-state index contributed by atoms with van der Waals surface area (Å²) in [5.74, 6) is 0.208. The van der Waals surface area contributed by atoms with Gasteiger partial charge in [0.05, 0.1) is 28.0 Å². The van der Waals surface area contributed by atoms with E-state index in [-0.39, 0.29) is 12.1 Å². The third kappa shape index (κ3) is 4.22. The minimum atomic E-state index is -0.415. The van der Waals surface area contributed by atoms with Crippen molar-refractivity contribution in [2.45, 2.75) is 32.7 Å². The van der Waals surface area contributed by atoms with Crippen LogP contribution < -0.4 is 11.0 Å². The second-order valence-corrected chi connectivity index (χ2v) is 9.07. The highest BCUT2D eigenvalue weighted by atomic mass is 35.5. The Morgan fingerprint density at radius 2 is 2.24 bits per heavy atom. The van der Waals surface area contributed by atoms with Crippen LogP contribution in [-0.2, 0) is 24.2 Å². The van der Waals surface area contributed by atoms with Gasteiger partial charge in [0, 0.05) is 4.88 Å². The van der Waals surface area contributed by atoms with Crippen molar-refractivity contribution in [3.05, 3.63) is 60.9 Å². The van der Waals surface area contributed by atoms with Crippen molar-refractivity contribution in [3.63, 3.8) is 0 Å². The number of hydrogen-bond acceptors (Lipinski definition) is 5. The molecule has 1 aliphatic rings. The summed E-state index contributed by atoms with van der Waals surface area (Å²) in [5.41, 5.74) is 4.04. The van der Waals surface area contributed by atoms with Crippen LogP contribution >= 0.6 is 34.5 Å². The van der Waals surface area contributed by atoms with Gasteiger partial charge in [-0.3, -0.25) is 14.2 Å². The van der Waals surface area contributed by atoms with Gasteiger partial charge in [0.1, 0.15) is 11.4 Å². The molecule has 150 valence electrons. The molecular formula is C20H18Cl2N4O2S. The minimum absolute atomic E-state index is 0.151. The van der Waals surface area contributed by atoms with E-state index in [0.29, 0.717) is 26.9 Å². The Bertz CT molecular complexity index is 1190. The zero-order chi connectivity index (χ0) is 20.5. The number of nitrogens with zero attached hydrogens (tertiary/aromatic N) is 3. The van der Waals surface area contributed by atoms with Gasteiger partial charge in [0.2, 0.25) is 0 Å². The number of aryl methyl sites for hydroxylation is 1. The molecule has 2 heterocycles. The molecule has 0 unspecified atom stereocenters. The lowest BCUT2D eigenvalue weighted by Crippen LogP contribution is -2.30. The molecule has 3 aromatic rings. The number of benzene rings is 1. The van der Waals surface area contributed by atoms with Crippen LogP contribution in [0.2, 0.25) is 10.0 Å². The molecule has 29 heavy (non-hydrogen) atoms. The van der Waals surface area contributed by atoms with Crippen molar-refractivity contribution in [1.29, 1.82) is 0 Å². The number of carbonyl (C=O) groups is 1. The molecule has 4 rings (SSSR count). The van der Waals surface area contributed by atoms with Crippen LogP contribution in [0.25, 0.3) is 10.2 Å². The molecule has 6 nitrogen and oxygen atoms in total. The van der Waals surface area contributed by atoms with E-state index >= 15 is 0 Å². The summed E-state index contributed by atoms with van der Waals surface area (Å²) < 4.78 is 1.33. The zero-order valence-electron chi connectivity index (χ0n) is 15.6. The lowest BCUT2D eigenvalue weighted by atomic mass is 9.89. The van der Waals surface area contributed by atoms with E-state index in [2.05, 4.69) is 22.4 Å². The summed E-state index contributed by atoms with van der Waals surface area (Å²) in [7, 11) is 0. The van der Waals surface area contributed by atoms with Gasteiger partial charge in [-0.2, -0.15) is 5.10 Å². The summed E-state index contributed by atoms with van der Waals surface area (Å²) in [5, 5.41) is 5.42. The number of nitrogens with one attached hydrogen (secondary N) is 1. The number of hydrogen-bond donors (Lipinski definition) is 1. The fourth-order valence-corrected chi connectivity index (χ4v) is 5.09. The van der Waals surface area contributed by atoms with Gasteiger partial charge in [-0.05, 0) is 48.4 Å². The highest BCUT2D eigenvalue weighted by molar-refractivity contribution is 7.18. The molecule has 0 bridgehead atoms. The maximum Gasteiger partial charge on any atom is 0.262 e. The molecular weight excluding hydrogens is 431 g/mol. The van der Waals surface area contributed by atoms with Gasteiger partial charge < -0.3 is 0 Å². The molecule has 0 saturated heterocycles. The Hall–Kier alpha value is -2.22. The van der Waals surface area contributed by atoms with Crippen LogP contribution in [0, 0.1) is 5.92 Å². The number of rotatable bonds is 4. The summed E-state index contributed by atoms with van der Waals surface area (Å²) >= 11 is 13.4. The molecule has 1 amide bonds. The Morgan fingerprint density at radius 3 is 3.03 bits per heavy atom. The first-order valence-corrected chi connectivity index (χ1v) is 10.8. The molecule has 0 saturated carbocycles. The highest BCUT2D eigenvalue weighted by Crippen LogP contribution is 2.35. The van der Waals surface area contributed by atoms with Crippen LogP contribution in [0.5, 0.6) is 0 Å². The van der Waals surface area contributed by atoms with Crippen LogP contribution in [0.4, 0.5) is 0 Å². The number of amides is 1. The van der Waals surface area contributed by atoms with Crippen molar-refractivity contribution >= 4 is 56.9 Å². The zero-order valence-corrected chi connectivity index (χ0v) is 17.9. The molecule has 0 fully saturated rings. The summed E-state index contributed by atoms with van der Waals surface area (Å²) in [6.45, 7) is 2.07. The first-order valence-electron chi connectivity index (χ1n) is 9.19. The third-order valence-electron chi connectivity index (χ3n) is 4.94. The molecule has 1 aromatic carbocycles. The summed E-state index contributed by atoms with van der Waals surface area (Å²) in [4.78, 5) is 31.6. The van der Waals surface area contributed by atoms with Gasteiger partial charge in [0.25, 0.3) is 11.5 Å². The average Bonchev–Trinajstić information content (AvgIpc) is 3.05. The summed E-state index contributed by atoms with van der Waals surface area (Å²) in [6.07, 6.45) is 5.83. The second kappa shape index (κ2) is 8.26. The molecule has 9 heteroatoms. The lowest BCUT2D eigenvalue weighted by molar-refractivity contribution is -0.121. The van der Waals surface area contributed by atoms with Crippen LogP contribution in [0.1, 0.15) is 29.3 Å². The average molecular weight is 449 g/mol. The van der Waals surface area contributed by atoms with Gasteiger partial charge >= 0.3 is 0 Å². The smallest absolute Gasteiger partial charge is 0.262 e. The highest BCUT2D eigenvalue weighted by Gasteiger charge is 2.23. The predicted octanol–water partition coefficient (Wildman–Crippen LogP) is 4.04. The van der Waals surface area contributed by atoms with E-state index in [4.69, 9.17) is 23.2 Å². The van der Waals surface area contributed by atoms with E-state index in [9.17, 15) is 9.59 Å². The van der Waals surface area contributed by atoms with Crippen LogP contribution in [0.15, 0.2) is 34.4 Å². The van der Waals surface area contributed by atoms with Gasteiger partial charge in [-0.25, -0.2) is 10.4 Å². The monoisotopic (exact) mass is 448 g/mol. The fraction of sp³-hybridized carbons (Fsp3) is 0.300. The maximum atomic E-state index is 12.9. The molecule has 1 N–H and O–H groups in total. The van der Waals surface area contributed by atoms with E-state index in [1.807, 2.05) is 0 Å². The first-order chi connectivity index (χ1) is 13.9. The second-order valence-electron chi connectivity index (χ2n) is 7.18. The topological polar surface area (TPSA) is 76.3 Å². The van der Waals surface area contributed by atoms with Crippen molar-refractivity contribution in [3.8, 4) is 0 Å². The number of hydrazone groups is 1. The standard InChI is InChI=1S/C20H18Cl2N4O2S/c1-11-2-4-13-16(6-11)29-19-18(13)20(28)26(10-23-19)9-17(27)25-24-8-12-3-5-14(21)15(22)7-12/h3,5,7-8,10-11H,2,4,6,9H2,1H3,(H,25,27)/b24-8-/t11-/m1/s1. The normalized spacial score (nSPS) is 16.3. The molecule has 1 aliphatic carbocycles. The predicted molar refractivity (Wildman–Crippen MR) is 117 cm³/mol. The largest absolute Gasteiger partial charge is 0.289 e. The molecule has 1 atom stereocenters. The van der Waals surface area contributed by atoms with E-state index in [0.717, 1.165) is 29.7 Å². The van der Waals surface area contributed by atoms with Crippen molar-refractivity contribution in [1.82, 2.24) is 15.0 Å². The Kier molecular flexibility index (Phi) is 5.72. The summed E-state index contributed by atoms with van der Waals surface area (Å²) in [6, 6.07) is 5.02. The van der Waals surface area contributed by atoms with Gasteiger partial charge in [0.15, 0.2) is 0 Å². The van der Waals surface area contributed by atoms with Gasteiger partial charge in [-0.15, -0.1) is 11.3 Å². The number of halogens is 2. The number of fused-ring (bicyclic) bond motifs is 3. The van der Waals surface area contributed by atoms with Crippen LogP contribution in [-0.4, -0.2) is 21.7 Å². The number of aromatic nitrogens is 2. The Labute approximate surface area is 181 Å². The van der Waals surface area contributed by atoms with Gasteiger partial charge in [-0.1, -0.05) is 36.2 Å². The van der Waals surface area contributed by atoms with E-state index in [1.54, 1.807) is 29.5 Å². The first kappa shape index (κ1) is 20.1. The SMILES string of the molecule is C[C@@H]1CCc2c(sc3ncn(CC(=O)N/N=C\c4ccc(Cl)c(Cl)c4)c(=O)c23)C1. The molecule has 0 spiro atoms. The number of carbonyl (C=O) groups excluding carboxylic acids is 1. The van der Waals surface area contributed by atoms with Crippen molar-refractivity contribution < 1.29 is 4.79 Å². The quantitative estimate of drug-likeness (QED) is 0.483. The third-order valence-corrected chi connectivity index (χ3v) is 6.84. The van der Waals surface area contributed by atoms with E-state index in [1.165, 1.54) is 22.0 Å². The van der Waals surface area contributed by atoms with E-state index < -0.39 is 5.91 Å². The minimum Gasteiger partial charge on any atom is -0.289 e. The maximum absolute atomic E-state index is 12.9. The molecule has 0 radical (unpaired) electrons. The molecule has 0 aliphatic heterocycles. The van der Waals surface area contributed by atoms with Crippen molar-refractivity contribution in [2.24, 2.45) is 11.0 Å².